The van der Waals surface area contributed by atoms with E-state index in [4.69, 9.17) is 12.6 Å². The van der Waals surface area contributed by atoms with Crippen molar-refractivity contribution in [2.24, 2.45) is 5.41 Å². The van der Waals surface area contributed by atoms with Crippen LogP contribution in [0.25, 0.3) is 0 Å². The van der Waals surface area contributed by atoms with Crippen molar-refractivity contribution < 1.29 is 9.53 Å². The Morgan fingerprint density at radius 3 is 2.50 bits per heavy atom. The van der Waals surface area contributed by atoms with Crippen LogP contribution in [0.4, 0.5) is 4.79 Å². The Balaban J connectivity index is 3.63. The summed E-state index contributed by atoms with van der Waals surface area (Å²) in [5.74, 6) is -0.681. The Labute approximate surface area is 76.1 Å². The topological polar surface area (TPSA) is 26.3 Å². The largest absolute Gasteiger partial charge is 0.474 e. The predicted molar refractivity (Wildman–Crippen MR) is 50.4 cm³/mol. The highest BCUT2D eigenvalue weighted by molar-refractivity contribution is 6.55. The first kappa shape index (κ1) is 11.5. The summed E-state index contributed by atoms with van der Waals surface area (Å²) in [5, 5.41) is 0. The van der Waals surface area contributed by atoms with Gasteiger partial charge in [0.25, 0.3) is 0 Å². The summed E-state index contributed by atoms with van der Waals surface area (Å²) in [6, 6.07) is 0. The van der Waals surface area contributed by atoms with E-state index >= 15 is 0 Å². The number of ether oxygens (including phenoxy) is 1. The van der Waals surface area contributed by atoms with Crippen LogP contribution in [0.1, 0.15) is 40.0 Å². The lowest BCUT2D eigenvalue weighted by Crippen LogP contribution is -2.21. The third-order valence-electron chi connectivity index (χ3n) is 1.81. The minimum absolute atomic E-state index is 0.0606. The molecular weight excluding hydrogens is 151 g/mol. The van der Waals surface area contributed by atoms with Crippen LogP contribution in [0.2, 0.25) is 0 Å². The molecule has 2 radical (unpaired) electrons. The van der Waals surface area contributed by atoms with E-state index in [0.717, 1.165) is 12.8 Å². The molecule has 0 aliphatic carbocycles. The molecule has 0 aromatic rings. The van der Waals surface area contributed by atoms with Gasteiger partial charge in [-0.05, 0) is 11.8 Å². The van der Waals surface area contributed by atoms with Crippen LogP contribution in [-0.2, 0) is 4.74 Å². The Bertz CT molecular complexity index is 143. The second-order valence-corrected chi connectivity index (χ2v) is 3.88. The zero-order chi connectivity index (χ0) is 9.61. The van der Waals surface area contributed by atoms with E-state index in [1.807, 2.05) is 0 Å². The number of unbranched alkanes of at least 4 members (excludes halogenated alkanes) is 1. The number of hydrogen-bond donors (Lipinski definition) is 0. The molecular formula is C9H17BO2. The van der Waals surface area contributed by atoms with E-state index in [1.54, 1.807) is 0 Å². The molecule has 0 atom stereocenters. The molecule has 0 fully saturated rings. The lowest BCUT2D eigenvalue weighted by atomic mass is 9.88. The standard InChI is InChI=1S/C9H17BO2/c1-4-5-6-9(2,3)7-12-8(10)11/h4-7H2,1-3H3. The van der Waals surface area contributed by atoms with E-state index in [2.05, 4.69) is 20.8 Å². The molecule has 3 heteroatoms. The van der Waals surface area contributed by atoms with Crippen molar-refractivity contribution in [1.82, 2.24) is 0 Å². The van der Waals surface area contributed by atoms with Gasteiger partial charge < -0.3 is 4.74 Å². The van der Waals surface area contributed by atoms with Crippen LogP contribution in [-0.4, -0.2) is 20.3 Å². The highest BCUT2D eigenvalue weighted by atomic mass is 16.5. The molecule has 0 spiro atoms. The van der Waals surface area contributed by atoms with Gasteiger partial charge in [-0.15, -0.1) is 0 Å². The summed E-state index contributed by atoms with van der Waals surface area (Å²) >= 11 is 0. The van der Waals surface area contributed by atoms with Crippen LogP contribution in [0.15, 0.2) is 0 Å². The summed E-state index contributed by atoms with van der Waals surface area (Å²) in [4.78, 5) is 10.3. The summed E-state index contributed by atoms with van der Waals surface area (Å²) in [6.07, 6.45) is 3.39. The maximum Gasteiger partial charge on any atom is 0.235 e. The van der Waals surface area contributed by atoms with Crippen molar-refractivity contribution in [2.45, 2.75) is 40.0 Å². The molecule has 0 saturated carbocycles. The molecule has 0 heterocycles. The zero-order valence-corrected chi connectivity index (χ0v) is 8.22. The van der Waals surface area contributed by atoms with Crippen molar-refractivity contribution in [3.63, 3.8) is 0 Å². The summed E-state index contributed by atoms with van der Waals surface area (Å²) in [7, 11) is 4.87. The minimum atomic E-state index is -0.681. The van der Waals surface area contributed by atoms with Crippen LogP contribution in [0.3, 0.4) is 0 Å². The highest BCUT2D eigenvalue weighted by Gasteiger charge is 2.18. The van der Waals surface area contributed by atoms with E-state index in [9.17, 15) is 4.79 Å². The second kappa shape index (κ2) is 5.23. The molecule has 0 unspecified atom stereocenters. The van der Waals surface area contributed by atoms with Crippen LogP contribution in [0, 0.1) is 5.41 Å². The molecule has 0 aromatic carbocycles. The minimum Gasteiger partial charge on any atom is -0.474 e. The fraction of sp³-hybridized carbons (Fsp3) is 0.889. The number of carbonyl (C=O) groups excluding carboxylic acids is 1. The average Bonchev–Trinajstić information content (AvgIpc) is 1.98. The molecule has 0 N–H and O–H groups in total. The molecule has 0 aliphatic heterocycles. The van der Waals surface area contributed by atoms with E-state index < -0.39 is 5.87 Å². The van der Waals surface area contributed by atoms with Gasteiger partial charge in [0.1, 0.15) is 0 Å². The van der Waals surface area contributed by atoms with Gasteiger partial charge in [-0.2, -0.15) is 0 Å². The Morgan fingerprint density at radius 2 is 2.08 bits per heavy atom. The van der Waals surface area contributed by atoms with Crippen LogP contribution < -0.4 is 0 Å². The van der Waals surface area contributed by atoms with Gasteiger partial charge in [0, 0.05) is 0 Å². The third kappa shape index (κ3) is 6.26. The molecule has 12 heavy (non-hydrogen) atoms. The number of carbonyl (C=O) groups is 1. The first-order chi connectivity index (χ1) is 5.48. The Morgan fingerprint density at radius 1 is 1.50 bits per heavy atom. The van der Waals surface area contributed by atoms with Crippen molar-refractivity contribution in [1.29, 1.82) is 0 Å². The lowest BCUT2D eigenvalue weighted by Gasteiger charge is -2.23. The predicted octanol–water partition coefficient (Wildman–Crippen LogP) is 2.51. The molecule has 0 saturated heterocycles. The lowest BCUT2D eigenvalue weighted by molar-refractivity contribution is 0.112. The first-order valence-electron chi connectivity index (χ1n) is 4.40. The maximum absolute atomic E-state index is 10.3. The summed E-state index contributed by atoms with van der Waals surface area (Å²) in [5.41, 5.74) is 0.0606. The quantitative estimate of drug-likeness (QED) is 0.589. The maximum atomic E-state index is 10.3. The van der Waals surface area contributed by atoms with Crippen molar-refractivity contribution in [2.75, 3.05) is 6.61 Å². The fourth-order valence-electron chi connectivity index (χ4n) is 0.994. The van der Waals surface area contributed by atoms with Crippen molar-refractivity contribution >= 4 is 13.7 Å². The van der Waals surface area contributed by atoms with Gasteiger partial charge >= 0.3 is 0 Å². The first-order valence-corrected chi connectivity index (χ1v) is 4.40. The Hall–Kier alpha value is -0.465. The van der Waals surface area contributed by atoms with Gasteiger partial charge in [0.05, 0.1) is 6.61 Å². The Kier molecular flexibility index (Phi) is 5.03. The van der Waals surface area contributed by atoms with Gasteiger partial charge in [-0.1, -0.05) is 33.6 Å². The van der Waals surface area contributed by atoms with E-state index in [1.165, 1.54) is 6.42 Å². The van der Waals surface area contributed by atoms with E-state index in [0.29, 0.717) is 6.61 Å². The van der Waals surface area contributed by atoms with Gasteiger partial charge in [0.2, 0.25) is 13.7 Å². The number of hydrogen-bond acceptors (Lipinski definition) is 2. The van der Waals surface area contributed by atoms with E-state index in [-0.39, 0.29) is 5.41 Å². The summed E-state index contributed by atoms with van der Waals surface area (Å²) < 4.78 is 4.74. The average molecular weight is 168 g/mol. The smallest absolute Gasteiger partial charge is 0.235 e. The van der Waals surface area contributed by atoms with Crippen molar-refractivity contribution in [3.05, 3.63) is 0 Å². The molecule has 0 aliphatic rings. The molecule has 0 rings (SSSR count). The highest BCUT2D eigenvalue weighted by Crippen LogP contribution is 2.23. The van der Waals surface area contributed by atoms with Gasteiger partial charge in [0.15, 0.2) is 0 Å². The molecule has 0 amide bonds. The SMILES string of the molecule is [B]C(=O)OCC(C)(C)CCCC. The molecule has 2 nitrogen and oxygen atoms in total. The van der Waals surface area contributed by atoms with Crippen LogP contribution in [0.5, 0.6) is 0 Å². The van der Waals surface area contributed by atoms with Gasteiger partial charge in [-0.3, -0.25) is 4.79 Å². The monoisotopic (exact) mass is 168 g/mol. The number of rotatable bonds is 5. The molecule has 68 valence electrons. The van der Waals surface area contributed by atoms with Gasteiger partial charge in [-0.25, -0.2) is 0 Å². The third-order valence-corrected chi connectivity index (χ3v) is 1.81. The normalized spacial score (nSPS) is 11.2. The second-order valence-electron chi connectivity index (χ2n) is 3.88. The van der Waals surface area contributed by atoms with Crippen molar-refractivity contribution in [3.8, 4) is 0 Å². The molecule has 0 bridgehead atoms. The molecule has 0 aromatic heterocycles. The zero-order valence-electron chi connectivity index (χ0n) is 8.22. The van der Waals surface area contributed by atoms with Crippen LogP contribution >= 0.6 is 0 Å². The summed E-state index contributed by atoms with van der Waals surface area (Å²) in [6.45, 7) is 6.71. The fourth-order valence-corrected chi connectivity index (χ4v) is 0.994.